The minimum Gasteiger partial charge on any atom is -0.479 e. The number of nitrogens with one attached hydrogen (secondary N) is 2. The van der Waals surface area contributed by atoms with Crippen LogP contribution in [0.25, 0.3) is 0 Å². The third kappa shape index (κ3) is 8.00. The van der Waals surface area contributed by atoms with Crippen LogP contribution in [-0.4, -0.2) is 31.4 Å². The molecule has 0 spiro atoms. The molecule has 0 saturated heterocycles. The number of nitrogens with zero attached hydrogens (tertiary/aromatic N) is 1. The highest BCUT2D eigenvalue weighted by Gasteiger charge is 2.15. The van der Waals surface area contributed by atoms with Crippen LogP contribution in [0.15, 0.2) is 24.3 Å². The Bertz CT molecular complexity index is 518. The second kappa shape index (κ2) is 8.78. The van der Waals surface area contributed by atoms with Gasteiger partial charge in [-0.2, -0.15) is 5.26 Å². The maximum atomic E-state index is 11.4. The molecular weight excluding hydrogens is 282 g/mol. The number of hydrogen-bond donors (Lipinski definition) is 2. The first-order valence-corrected chi connectivity index (χ1v) is 7.21. The Hall–Kier alpha value is -2.42. The van der Waals surface area contributed by atoms with E-state index in [1.165, 1.54) is 0 Å². The van der Waals surface area contributed by atoms with Crippen LogP contribution in [0, 0.1) is 11.3 Å². The van der Waals surface area contributed by atoms with Gasteiger partial charge in [0.25, 0.3) is 0 Å². The smallest absolute Gasteiger partial charge is 0.407 e. The number of amides is 1. The fourth-order valence-corrected chi connectivity index (χ4v) is 1.64. The van der Waals surface area contributed by atoms with Gasteiger partial charge in [0.05, 0.1) is 0 Å². The normalized spacial score (nSPS) is 10.5. The first-order chi connectivity index (χ1) is 10.4. The van der Waals surface area contributed by atoms with Crippen molar-refractivity contribution in [3.63, 3.8) is 0 Å². The third-order valence-corrected chi connectivity index (χ3v) is 2.49. The second-order valence-corrected chi connectivity index (χ2v) is 5.68. The lowest BCUT2D eigenvalue weighted by atomic mass is 10.2. The van der Waals surface area contributed by atoms with Crippen molar-refractivity contribution < 1.29 is 14.3 Å². The molecule has 0 aliphatic heterocycles. The van der Waals surface area contributed by atoms with Gasteiger partial charge in [0.15, 0.2) is 6.61 Å². The Kier molecular flexibility index (Phi) is 7.03. The predicted octanol–water partition coefficient (Wildman–Crippen LogP) is 2.92. The molecule has 0 atom stereocenters. The fraction of sp³-hybridized carbons (Fsp3) is 0.500. The zero-order valence-corrected chi connectivity index (χ0v) is 13.3. The third-order valence-electron chi connectivity index (χ3n) is 2.49. The Balaban J connectivity index is 2.22. The number of anilines is 1. The van der Waals surface area contributed by atoms with E-state index in [0.29, 0.717) is 18.8 Å². The monoisotopic (exact) mass is 305 g/mol. The van der Waals surface area contributed by atoms with Gasteiger partial charge in [-0.05, 0) is 39.3 Å². The fourth-order valence-electron chi connectivity index (χ4n) is 1.64. The summed E-state index contributed by atoms with van der Waals surface area (Å²) in [6.07, 6.45) is 0.363. The van der Waals surface area contributed by atoms with Crippen LogP contribution in [0.2, 0.25) is 0 Å². The van der Waals surface area contributed by atoms with E-state index in [0.717, 1.165) is 12.1 Å². The van der Waals surface area contributed by atoms with E-state index in [-0.39, 0.29) is 6.61 Å². The highest BCUT2D eigenvalue weighted by Crippen LogP contribution is 2.17. The average molecular weight is 305 g/mol. The summed E-state index contributed by atoms with van der Waals surface area (Å²) >= 11 is 0. The minimum absolute atomic E-state index is 0.0310. The molecule has 120 valence electrons. The van der Waals surface area contributed by atoms with E-state index in [1.807, 2.05) is 45.0 Å². The van der Waals surface area contributed by atoms with Crippen molar-refractivity contribution >= 4 is 11.8 Å². The molecule has 6 nitrogen and oxygen atoms in total. The Morgan fingerprint density at radius 2 is 2.09 bits per heavy atom. The van der Waals surface area contributed by atoms with Gasteiger partial charge in [-0.25, -0.2) is 4.79 Å². The zero-order chi connectivity index (χ0) is 16.4. The summed E-state index contributed by atoms with van der Waals surface area (Å²) in [7, 11) is 0. The summed E-state index contributed by atoms with van der Waals surface area (Å²) in [6, 6.07) is 9.33. The molecule has 0 aromatic heterocycles. The number of ether oxygens (including phenoxy) is 2. The molecule has 0 aliphatic carbocycles. The molecule has 1 amide bonds. The van der Waals surface area contributed by atoms with Crippen LogP contribution in [0.5, 0.6) is 5.75 Å². The van der Waals surface area contributed by atoms with Gasteiger partial charge >= 0.3 is 6.09 Å². The Morgan fingerprint density at radius 3 is 2.77 bits per heavy atom. The largest absolute Gasteiger partial charge is 0.479 e. The number of rotatable bonds is 7. The SMILES string of the molecule is CC(C)(C)OC(=O)NCCCNc1cccc(OCC#N)c1. The van der Waals surface area contributed by atoms with E-state index in [9.17, 15) is 4.79 Å². The predicted molar refractivity (Wildman–Crippen MR) is 84.9 cm³/mol. The topological polar surface area (TPSA) is 83.4 Å². The van der Waals surface area contributed by atoms with Crippen molar-refractivity contribution in [1.82, 2.24) is 5.32 Å². The first-order valence-electron chi connectivity index (χ1n) is 7.21. The van der Waals surface area contributed by atoms with Gasteiger partial charge < -0.3 is 20.1 Å². The van der Waals surface area contributed by atoms with E-state index in [2.05, 4.69) is 10.6 Å². The zero-order valence-electron chi connectivity index (χ0n) is 13.3. The lowest BCUT2D eigenvalue weighted by molar-refractivity contribution is 0.0528. The van der Waals surface area contributed by atoms with Crippen LogP contribution in [0.4, 0.5) is 10.5 Å². The molecule has 2 N–H and O–H groups in total. The molecule has 0 saturated carbocycles. The molecule has 1 aromatic rings. The molecule has 1 aromatic carbocycles. The van der Waals surface area contributed by atoms with Crippen molar-refractivity contribution in [2.75, 3.05) is 25.0 Å². The van der Waals surface area contributed by atoms with Gasteiger partial charge in [0.2, 0.25) is 0 Å². The van der Waals surface area contributed by atoms with Gasteiger partial charge in [0, 0.05) is 24.8 Å². The van der Waals surface area contributed by atoms with Crippen molar-refractivity contribution in [3.8, 4) is 11.8 Å². The Morgan fingerprint density at radius 1 is 1.32 bits per heavy atom. The summed E-state index contributed by atoms with van der Waals surface area (Å²) < 4.78 is 10.4. The lowest BCUT2D eigenvalue weighted by Crippen LogP contribution is -2.33. The average Bonchev–Trinajstić information content (AvgIpc) is 2.43. The molecule has 6 heteroatoms. The number of carbonyl (C=O) groups excluding carboxylic acids is 1. The number of alkyl carbamates (subject to hydrolysis) is 1. The quantitative estimate of drug-likeness (QED) is 0.757. The van der Waals surface area contributed by atoms with Crippen LogP contribution < -0.4 is 15.4 Å². The van der Waals surface area contributed by atoms with Gasteiger partial charge in [-0.3, -0.25) is 0 Å². The van der Waals surface area contributed by atoms with E-state index in [1.54, 1.807) is 6.07 Å². The maximum Gasteiger partial charge on any atom is 0.407 e. The van der Waals surface area contributed by atoms with Crippen molar-refractivity contribution in [1.29, 1.82) is 5.26 Å². The van der Waals surface area contributed by atoms with Gasteiger partial charge in [-0.15, -0.1) is 0 Å². The summed E-state index contributed by atoms with van der Waals surface area (Å²) in [6.45, 7) is 6.76. The number of nitriles is 1. The molecular formula is C16H23N3O3. The molecule has 0 unspecified atom stereocenters. The highest BCUT2D eigenvalue weighted by atomic mass is 16.6. The Labute approximate surface area is 131 Å². The molecule has 0 bridgehead atoms. The lowest BCUT2D eigenvalue weighted by Gasteiger charge is -2.19. The van der Waals surface area contributed by atoms with Crippen LogP contribution >= 0.6 is 0 Å². The van der Waals surface area contributed by atoms with Crippen molar-refractivity contribution in [2.24, 2.45) is 0 Å². The summed E-state index contributed by atoms with van der Waals surface area (Å²) in [5, 5.41) is 14.4. The van der Waals surface area contributed by atoms with E-state index in [4.69, 9.17) is 14.7 Å². The van der Waals surface area contributed by atoms with Gasteiger partial charge in [-0.1, -0.05) is 6.07 Å². The molecule has 22 heavy (non-hydrogen) atoms. The minimum atomic E-state index is -0.480. The number of benzene rings is 1. The summed E-state index contributed by atoms with van der Waals surface area (Å²) in [5.74, 6) is 0.651. The first kappa shape index (κ1) is 17.6. The van der Waals surface area contributed by atoms with Gasteiger partial charge in [0.1, 0.15) is 17.4 Å². The second-order valence-electron chi connectivity index (χ2n) is 5.68. The molecule has 0 aliphatic rings. The van der Waals surface area contributed by atoms with Crippen LogP contribution in [0.1, 0.15) is 27.2 Å². The van der Waals surface area contributed by atoms with Crippen LogP contribution in [0.3, 0.4) is 0 Å². The van der Waals surface area contributed by atoms with E-state index >= 15 is 0 Å². The molecule has 0 heterocycles. The standard InChI is InChI=1S/C16H23N3O3/c1-16(2,3)22-15(20)19-10-5-9-18-13-6-4-7-14(12-13)21-11-8-17/h4,6-7,12,18H,5,9-11H2,1-3H3,(H,19,20). The molecule has 0 fully saturated rings. The summed E-state index contributed by atoms with van der Waals surface area (Å²) in [5.41, 5.74) is 0.430. The molecule has 1 rings (SSSR count). The molecule has 0 radical (unpaired) electrons. The number of carbonyl (C=O) groups is 1. The van der Waals surface area contributed by atoms with Crippen molar-refractivity contribution in [2.45, 2.75) is 32.8 Å². The highest BCUT2D eigenvalue weighted by molar-refractivity contribution is 5.67. The van der Waals surface area contributed by atoms with Crippen LogP contribution in [-0.2, 0) is 4.74 Å². The summed E-state index contributed by atoms with van der Waals surface area (Å²) in [4.78, 5) is 11.4. The number of hydrogen-bond acceptors (Lipinski definition) is 5. The van der Waals surface area contributed by atoms with Crippen molar-refractivity contribution in [3.05, 3.63) is 24.3 Å². The maximum absolute atomic E-state index is 11.4. The van der Waals surface area contributed by atoms with E-state index < -0.39 is 11.7 Å².